The fraction of sp³-hybridized carbons (Fsp3) is 0.0938. The molecule has 4 aromatic carbocycles. The molecule has 0 fully saturated rings. The summed E-state index contributed by atoms with van der Waals surface area (Å²) in [6.45, 7) is 0. The molecule has 0 bridgehead atoms. The number of aliphatic hydroxyl groups excluding tert-OH is 1. The molecule has 1 N–H and O–H groups in total. The Hall–Kier alpha value is -4.19. The van der Waals surface area contributed by atoms with Crippen molar-refractivity contribution in [2.24, 2.45) is 0 Å². The average Bonchev–Trinajstić information content (AvgIpc) is 2.96. The maximum absolute atomic E-state index is 11.8. The van der Waals surface area contributed by atoms with E-state index in [2.05, 4.69) is 23.7 Å². The molecule has 0 saturated carbocycles. The van der Waals surface area contributed by atoms with Gasteiger partial charge in [0.25, 0.3) is 0 Å². The first-order chi connectivity index (χ1) is 18.4. The number of aliphatic hydroxyl groups is 1. The minimum absolute atomic E-state index is 0.215. The third-order valence-corrected chi connectivity index (χ3v) is 5.72. The van der Waals surface area contributed by atoms with Crippen molar-refractivity contribution >= 4 is 29.0 Å². The zero-order valence-electron chi connectivity index (χ0n) is 20.7. The van der Waals surface area contributed by atoms with Crippen LogP contribution in [-0.2, 0) is 0 Å². The number of hydrogen-bond donors (Lipinski definition) is 1. The van der Waals surface area contributed by atoms with Crippen molar-refractivity contribution in [1.82, 2.24) is 0 Å². The lowest BCUT2D eigenvalue weighted by molar-refractivity contribution is 0.105. The predicted octanol–water partition coefficient (Wildman–Crippen LogP) is 7.02. The molecule has 1 unspecified atom stereocenters. The Labute approximate surface area is 232 Å². The average molecular weight is 543 g/mol. The van der Waals surface area contributed by atoms with E-state index in [0.717, 1.165) is 11.1 Å². The van der Waals surface area contributed by atoms with E-state index in [1.165, 1.54) is 0 Å². The predicted molar refractivity (Wildman–Crippen MR) is 152 cm³/mol. The van der Waals surface area contributed by atoms with Gasteiger partial charge in [0.15, 0.2) is 0 Å². The molecule has 0 heterocycles. The summed E-state index contributed by atoms with van der Waals surface area (Å²) >= 11 is 12.0. The van der Waals surface area contributed by atoms with Crippen LogP contribution < -0.4 is 9.47 Å². The number of carbonyl (C=O) groups is 1. The summed E-state index contributed by atoms with van der Waals surface area (Å²) < 4.78 is 10.1. The molecule has 0 amide bonds. The highest BCUT2D eigenvalue weighted by Crippen LogP contribution is 2.25. The Bertz CT molecular complexity index is 1490. The number of benzene rings is 4. The zero-order valence-corrected chi connectivity index (χ0v) is 22.3. The Kier molecular flexibility index (Phi) is 10.8. The molecule has 1 atom stereocenters. The first-order valence-electron chi connectivity index (χ1n) is 11.4. The van der Waals surface area contributed by atoms with Gasteiger partial charge in [-0.1, -0.05) is 102 Å². The molecule has 6 heteroatoms. The van der Waals surface area contributed by atoms with Gasteiger partial charge in [-0.25, -0.2) is 0 Å². The number of ether oxygens (including phenoxy) is 2. The van der Waals surface area contributed by atoms with Crippen LogP contribution in [0.15, 0.2) is 97.1 Å². The van der Waals surface area contributed by atoms with Crippen molar-refractivity contribution in [1.29, 1.82) is 0 Å². The van der Waals surface area contributed by atoms with Crippen molar-refractivity contribution in [3.05, 3.63) is 129 Å². The largest absolute Gasteiger partial charge is 0.495 e. The van der Waals surface area contributed by atoms with E-state index in [1.807, 2.05) is 36.4 Å². The quantitative estimate of drug-likeness (QED) is 0.222. The lowest BCUT2D eigenvalue weighted by Gasteiger charge is -2.03. The molecule has 0 radical (unpaired) electrons. The molecular formula is C32H24Cl2O4. The number of carbonyl (C=O) groups excluding carboxylic acids is 1. The lowest BCUT2D eigenvalue weighted by atomic mass is 10.1. The highest BCUT2D eigenvalue weighted by molar-refractivity contribution is 6.32. The van der Waals surface area contributed by atoms with Crippen LogP contribution in [0.5, 0.6) is 11.5 Å². The Morgan fingerprint density at radius 3 is 1.74 bits per heavy atom. The Balaban J connectivity index is 0.000000211. The second kappa shape index (κ2) is 14.5. The summed E-state index contributed by atoms with van der Waals surface area (Å²) in [5.74, 6) is 12.0. The number of methoxy groups -OCH3 is 2. The lowest BCUT2D eigenvalue weighted by Crippen LogP contribution is -1.93. The Morgan fingerprint density at radius 2 is 1.24 bits per heavy atom. The number of hydrogen-bond acceptors (Lipinski definition) is 4. The topological polar surface area (TPSA) is 55.8 Å². The molecule has 38 heavy (non-hydrogen) atoms. The van der Waals surface area contributed by atoms with Crippen LogP contribution in [0.2, 0.25) is 10.0 Å². The summed E-state index contributed by atoms with van der Waals surface area (Å²) in [6.07, 6.45) is -0.804. The van der Waals surface area contributed by atoms with Gasteiger partial charge in [-0.15, -0.1) is 0 Å². The highest BCUT2D eigenvalue weighted by atomic mass is 35.5. The van der Waals surface area contributed by atoms with Gasteiger partial charge in [-0.05, 0) is 47.9 Å². The summed E-state index contributed by atoms with van der Waals surface area (Å²) in [5.41, 5.74) is 2.76. The summed E-state index contributed by atoms with van der Waals surface area (Å²) in [6, 6.07) is 28.6. The van der Waals surface area contributed by atoms with E-state index >= 15 is 0 Å². The van der Waals surface area contributed by atoms with Gasteiger partial charge < -0.3 is 14.6 Å². The van der Waals surface area contributed by atoms with Crippen molar-refractivity contribution in [3.8, 4) is 35.2 Å². The zero-order chi connectivity index (χ0) is 27.3. The van der Waals surface area contributed by atoms with Crippen LogP contribution in [0, 0.1) is 23.7 Å². The highest BCUT2D eigenvalue weighted by Gasteiger charge is 2.04. The molecule has 0 spiro atoms. The van der Waals surface area contributed by atoms with E-state index in [-0.39, 0.29) is 5.78 Å². The van der Waals surface area contributed by atoms with Gasteiger partial charge >= 0.3 is 0 Å². The molecule has 0 aliphatic heterocycles. The number of halogens is 2. The molecule has 4 nitrogen and oxygen atoms in total. The van der Waals surface area contributed by atoms with Crippen LogP contribution in [-0.4, -0.2) is 25.1 Å². The van der Waals surface area contributed by atoms with Crippen LogP contribution >= 0.6 is 23.2 Å². The van der Waals surface area contributed by atoms with Crippen molar-refractivity contribution in [3.63, 3.8) is 0 Å². The first kappa shape index (κ1) is 28.4. The SMILES string of the molecule is COc1ccc(C#CC(=O)c2ccccc2)cc1Cl.COc1ccc(C#CC(O)c2ccccc2)cc1Cl. The van der Waals surface area contributed by atoms with E-state index in [9.17, 15) is 9.90 Å². The summed E-state index contributed by atoms with van der Waals surface area (Å²) in [4.78, 5) is 11.8. The molecule has 4 rings (SSSR count). The van der Waals surface area contributed by atoms with Crippen LogP contribution in [0.3, 0.4) is 0 Å². The second-order valence-corrected chi connectivity index (χ2v) is 8.54. The second-order valence-electron chi connectivity index (χ2n) is 7.73. The third kappa shape index (κ3) is 8.44. The smallest absolute Gasteiger partial charge is 0.236 e. The molecule has 0 aromatic heterocycles. The molecular weight excluding hydrogens is 519 g/mol. The number of Topliss-reactive ketones (excluding diaryl/α,β-unsaturated/α-hetero) is 1. The molecule has 4 aromatic rings. The molecule has 0 saturated heterocycles. The van der Waals surface area contributed by atoms with Gasteiger partial charge in [-0.3, -0.25) is 4.79 Å². The van der Waals surface area contributed by atoms with E-state index < -0.39 is 6.10 Å². The van der Waals surface area contributed by atoms with Crippen LogP contribution in [0.25, 0.3) is 0 Å². The van der Waals surface area contributed by atoms with Crippen molar-refractivity contribution < 1.29 is 19.4 Å². The number of rotatable bonds is 4. The summed E-state index contributed by atoms with van der Waals surface area (Å²) in [5, 5.41) is 10.9. The van der Waals surface area contributed by atoms with Gasteiger partial charge in [0.1, 0.15) is 17.6 Å². The monoisotopic (exact) mass is 542 g/mol. The third-order valence-electron chi connectivity index (χ3n) is 5.13. The Morgan fingerprint density at radius 1 is 0.737 bits per heavy atom. The van der Waals surface area contributed by atoms with Gasteiger partial charge in [0, 0.05) is 16.7 Å². The minimum Gasteiger partial charge on any atom is -0.495 e. The molecule has 0 aliphatic carbocycles. The van der Waals surface area contributed by atoms with Crippen molar-refractivity contribution in [2.45, 2.75) is 6.10 Å². The van der Waals surface area contributed by atoms with Gasteiger partial charge in [0.05, 0.1) is 24.3 Å². The normalized spacial score (nSPS) is 10.3. The van der Waals surface area contributed by atoms with E-state index in [0.29, 0.717) is 32.7 Å². The standard InChI is InChI=1S/C16H13ClO2.C16H11ClO2/c2*1-19-16-10-8-12(11-14(16)17)7-9-15(18)13-5-3-2-4-6-13/h2-6,8,10-11,15,18H,1H3;2-6,8,10-11H,1H3. The fourth-order valence-electron chi connectivity index (χ4n) is 3.15. The van der Waals surface area contributed by atoms with Crippen molar-refractivity contribution in [2.75, 3.05) is 14.2 Å². The maximum Gasteiger partial charge on any atom is 0.236 e. The van der Waals surface area contributed by atoms with Gasteiger partial charge in [-0.2, -0.15) is 0 Å². The first-order valence-corrected chi connectivity index (χ1v) is 12.2. The number of ketones is 1. The van der Waals surface area contributed by atoms with Crippen LogP contribution in [0.1, 0.15) is 33.2 Å². The van der Waals surface area contributed by atoms with Crippen LogP contribution in [0.4, 0.5) is 0 Å². The molecule has 0 aliphatic rings. The summed E-state index contributed by atoms with van der Waals surface area (Å²) in [7, 11) is 3.11. The fourth-order valence-corrected chi connectivity index (χ4v) is 3.66. The van der Waals surface area contributed by atoms with E-state index in [1.54, 1.807) is 74.9 Å². The molecule has 190 valence electrons. The maximum atomic E-state index is 11.8. The van der Waals surface area contributed by atoms with E-state index in [4.69, 9.17) is 32.7 Å². The minimum atomic E-state index is -0.804. The van der Waals surface area contributed by atoms with Gasteiger partial charge in [0.2, 0.25) is 5.78 Å².